The van der Waals surface area contributed by atoms with Gasteiger partial charge in [-0.15, -0.1) is 11.3 Å². The van der Waals surface area contributed by atoms with Crippen molar-refractivity contribution in [3.05, 3.63) is 20.8 Å². The van der Waals surface area contributed by atoms with Gasteiger partial charge in [0.25, 0.3) is 0 Å². The Bertz CT molecular complexity index is 445. The molecule has 1 heterocycles. The van der Waals surface area contributed by atoms with Crippen LogP contribution in [0.3, 0.4) is 0 Å². The molecule has 4 nitrogen and oxygen atoms in total. The van der Waals surface area contributed by atoms with Gasteiger partial charge in [0.15, 0.2) is 0 Å². The van der Waals surface area contributed by atoms with Gasteiger partial charge >= 0.3 is 0 Å². The predicted molar refractivity (Wildman–Crippen MR) is 75.8 cm³/mol. The highest BCUT2D eigenvalue weighted by Gasteiger charge is 2.19. The van der Waals surface area contributed by atoms with Crippen molar-refractivity contribution in [3.63, 3.8) is 0 Å². The van der Waals surface area contributed by atoms with Crippen LogP contribution in [0.25, 0.3) is 0 Å². The average Bonchev–Trinajstić information content (AvgIpc) is 2.69. The summed E-state index contributed by atoms with van der Waals surface area (Å²) in [6.45, 7) is 5.26. The van der Waals surface area contributed by atoms with E-state index in [4.69, 9.17) is 0 Å². The Morgan fingerprint density at radius 1 is 1.53 bits per heavy atom. The fourth-order valence-electron chi connectivity index (χ4n) is 1.22. The van der Waals surface area contributed by atoms with Crippen LogP contribution in [0.2, 0.25) is 0 Å². The van der Waals surface area contributed by atoms with Crippen molar-refractivity contribution in [2.75, 3.05) is 13.1 Å². The van der Waals surface area contributed by atoms with Crippen molar-refractivity contribution in [2.24, 2.45) is 0 Å². The monoisotopic (exact) mass is 340 g/mol. The molecule has 0 aliphatic rings. The zero-order chi connectivity index (χ0) is 12.9. The SMILES string of the molecule is CCNCC(C)S(=O)(=O)NCc1cc(Br)cs1. The average molecular weight is 341 g/mol. The van der Waals surface area contributed by atoms with Crippen LogP contribution in [0.15, 0.2) is 15.9 Å². The van der Waals surface area contributed by atoms with Crippen LogP contribution >= 0.6 is 27.3 Å². The Hall–Kier alpha value is 0.0500. The zero-order valence-corrected chi connectivity index (χ0v) is 13.1. The molecule has 1 aromatic rings. The van der Waals surface area contributed by atoms with Crippen LogP contribution in [0, 0.1) is 0 Å². The normalized spacial score (nSPS) is 13.8. The summed E-state index contributed by atoms with van der Waals surface area (Å²) in [6, 6.07) is 1.92. The molecule has 1 unspecified atom stereocenters. The Morgan fingerprint density at radius 3 is 2.76 bits per heavy atom. The molecule has 0 aliphatic heterocycles. The van der Waals surface area contributed by atoms with E-state index in [0.29, 0.717) is 13.1 Å². The molecular weight excluding hydrogens is 324 g/mol. The highest BCUT2D eigenvalue weighted by molar-refractivity contribution is 9.10. The Labute approximate surface area is 115 Å². The molecule has 2 N–H and O–H groups in total. The van der Waals surface area contributed by atoms with Gasteiger partial charge in [-0.1, -0.05) is 6.92 Å². The zero-order valence-electron chi connectivity index (χ0n) is 9.86. The number of thiophene rings is 1. The lowest BCUT2D eigenvalue weighted by molar-refractivity contribution is 0.560. The summed E-state index contributed by atoms with van der Waals surface area (Å²) < 4.78 is 27.3. The summed E-state index contributed by atoms with van der Waals surface area (Å²) in [6.07, 6.45) is 0. The summed E-state index contributed by atoms with van der Waals surface area (Å²) in [7, 11) is -3.24. The standard InChI is InChI=1S/C10H17BrN2O2S2/c1-3-12-5-8(2)17(14,15)13-6-10-4-9(11)7-16-10/h4,7-8,12-13H,3,5-6H2,1-2H3. The van der Waals surface area contributed by atoms with E-state index in [2.05, 4.69) is 26.0 Å². The molecule has 0 bridgehead atoms. The number of sulfonamides is 1. The van der Waals surface area contributed by atoms with E-state index < -0.39 is 15.3 Å². The lowest BCUT2D eigenvalue weighted by Crippen LogP contribution is -2.38. The van der Waals surface area contributed by atoms with E-state index in [1.54, 1.807) is 6.92 Å². The maximum absolute atomic E-state index is 11.9. The number of halogens is 1. The first-order chi connectivity index (χ1) is 7.95. The van der Waals surface area contributed by atoms with Crippen molar-refractivity contribution in [1.82, 2.24) is 10.0 Å². The third kappa shape index (κ3) is 5.05. The maximum atomic E-state index is 11.9. The molecule has 1 aromatic heterocycles. The summed E-state index contributed by atoms with van der Waals surface area (Å²) in [5.74, 6) is 0. The molecule has 0 saturated heterocycles. The van der Waals surface area contributed by atoms with Gasteiger partial charge in [0.2, 0.25) is 10.0 Å². The number of rotatable bonds is 7. The van der Waals surface area contributed by atoms with Gasteiger partial charge in [-0.3, -0.25) is 0 Å². The van der Waals surface area contributed by atoms with Crippen molar-refractivity contribution in [3.8, 4) is 0 Å². The molecule has 0 fully saturated rings. The van der Waals surface area contributed by atoms with Crippen LogP contribution in [0.5, 0.6) is 0 Å². The summed E-state index contributed by atoms with van der Waals surface area (Å²) in [5, 5.41) is 4.54. The minimum Gasteiger partial charge on any atom is -0.316 e. The van der Waals surface area contributed by atoms with E-state index in [0.717, 1.165) is 15.9 Å². The van der Waals surface area contributed by atoms with E-state index in [-0.39, 0.29) is 0 Å². The number of hydrogen-bond acceptors (Lipinski definition) is 4. The topological polar surface area (TPSA) is 58.2 Å². The summed E-state index contributed by atoms with van der Waals surface area (Å²) in [4.78, 5) is 0.996. The molecule has 7 heteroatoms. The lowest BCUT2D eigenvalue weighted by Gasteiger charge is -2.13. The molecule has 0 radical (unpaired) electrons. The molecule has 0 aromatic carbocycles. The predicted octanol–water partition coefficient (Wildman–Crippen LogP) is 1.93. The second-order valence-corrected chi connectivity index (χ2v) is 7.81. The molecule has 98 valence electrons. The first kappa shape index (κ1) is 15.1. The van der Waals surface area contributed by atoms with Crippen LogP contribution in [0.4, 0.5) is 0 Å². The van der Waals surface area contributed by atoms with Gasteiger partial charge in [-0.05, 0) is 35.5 Å². The van der Waals surface area contributed by atoms with Crippen molar-refractivity contribution in [2.45, 2.75) is 25.6 Å². The third-order valence-electron chi connectivity index (χ3n) is 2.28. The second kappa shape index (κ2) is 6.84. The quantitative estimate of drug-likeness (QED) is 0.797. The molecule has 0 spiro atoms. The molecule has 0 saturated carbocycles. The maximum Gasteiger partial charge on any atom is 0.215 e. The van der Waals surface area contributed by atoms with Gasteiger partial charge in [-0.25, -0.2) is 13.1 Å². The van der Waals surface area contributed by atoms with Crippen LogP contribution in [-0.4, -0.2) is 26.8 Å². The Morgan fingerprint density at radius 2 is 2.24 bits per heavy atom. The highest BCUT2D eigenvalue weighted by Crippen LogP contribution is 2.19. The first-order valence-corrected chi connectivity index (χ1v) is 8.59. The van der Waals surface area contributed by atoms with Crippen molar-refractivity contribution in [1.29, 1.82) is 0 Å². The van der Waals surface area contributed by atoms with Gasteiger partial charge in [0.1, 0.15) is 0 Å². The number of hydrogen-bond donors (Lipinski definition) is 2. The number of nitrogens with one attached hydrogen (secondary N) is 2. The van der Waals surface area contributed by atoms with Crippen LogP contribution < -0.4 is 10.0 Å². The minimum absolute atomic E-state index is 0.356. The second-order valence-electron chi connectivity index (χ2n) is 3.72. The van der Waals surface area contributed by atoms with Crippen LogP contribution in [-0.2, 0) is 16.6 Å². The van der Waals surface area contributed by atoms with E-state index in [1.807, 2.05) is 18.4 Å². The minimum atomic E-state index is -3.24. The van der Waals surface area contributed by atoms with Gasteiger partial charge in [0.05, 0.1) is 5.25 Å². The largest absolute Gasteiger partial charge is 0.316 e. The van der Waals surface area contributed by atoms with Crippen molar-refractivity contribution >= 4 is 37.3 Å². The van der Waals surface area contributed by atoms with Gasteiger partial charge in [-0.2, -0.15) is 0 Å². The molecule has 17 heavy (non-hydrogen) atoms. The molecule has 0 aliphatic carbocycles. The third-order valence-corrected chi connectivity index (χ3v) is 5.75. The van der Waals surface area contributed by atoms with Crippen molar-refractivity contribution < 1.29 is 8.42 Å². The van der Waals surface area contributed by atoms with E-state index in [9.17, 15) is 8.42 Å². The smallest absolute Gasteiger partial charge is 0.215 e. The first-order valence-electron chi connectivity index (χ1n) is 5.37. The van der Waals surface area contributed by atoms with Crippen LogP contribution in [0.1, 0.15) is 18.7 Å². The Balaban J connectivity index is 2.49. The van der Waals surface area contributed by atoms with Gasteiger partial charge in [0, 0.05) is 27.8 Å². The summed E-state index contributed by atoms with van der Waals surface area (Å²) in [5.41, 5.74) is 0. The molecule has 1 atom stereocenters. The summed E-state index contributed by atoms with van der Waals surface area (Å²) >= 11 is 4.87. The van der Waals surface area contributed by atoms with Gasteiger partial charge < -0.3 is 5.32 Å². The molecule has 1 rings (SSSR count). The van der Waals surface area contributed by atoms with E-state index in [1.165, 1.54) is 11.3 Å². The fourth-order valence-corrected chi connectivity index (χ4v) is 3.68. The molecule has 0 amide bonds. The molecular formula is C10H17BrN2O2S2. The van der Waals surface area contributed by atoms with E-state index >= 15 is 0 Å². The highest BCUT2D eigenvalue weighted by atomic mass is 79.9. The lowest BCUT2D eigenvalue weighted by atomic mass is 10.5. The fraction of sp³-hybridized carbons (Fsp3) is 0.600. The Kier molecular flexibility index (Phi) is 6.08.